The number of nitrogens with one attached hydrogen (secondary N) is 1. The third-order valence-corrected chi connectivity index (χ3v) is 4.21. The van der Waals surface area contributed by atoms with Gasteiger partial charge in [0.1, 0.15) is 5.82 Å². The van der Waals surface area contributed by atoms with Crippen LogP contribution in [-0.4, -0.2) is 9.97 Å². The number of fused-ring (bicyclic) bond motifs is 2. The average molecular weight is 275 g/mol. The summed E-state index contributed by atoms with van der Waals surface area (Å²) < 4.78 is 0. The molecule has 2 aromatic heterocycles. The Morgan fingerprint density at radius 1 is 1.24 bits per heavy atom. The molecule has 0 radical (unpaired) electrons. The Kier molecular flexibility index (Phi) is 2.61. The highest BCUT2D eigenvalue weighted by atomic mass is 15.2. The molecule has 104 valence electrons. The summed E-state index contributed by atoms with van der Waals surface area (Å²) in [5.74, 6) is 0.960. The minimum atomic E-state index is 0.848. The standard InChI is InChI=1S/C18H17N3/c1-3-13-4-5-14-11-21(12(2)15(14)10-13)18-7-6-16-17(20-18)8-9-19-16/h4-10,19H,2-3,11H2,1H3. The van der Waals surface area contributed by atoms with Gasteiger partial charge in [0.05, 0.1) is 17.6 Å². The molecule has 0 spiro atoms. The number of hydrogen-bond donors (Lipinski definition) is 1. The van der Waals surface area contributed by atoms with Crippen LogP contribution in [0.15, 0.2) is 49.2 Å². The van der Waals surface area contributed by atoms with Crippen molar-refractivity contribution in [3.63, 3.8) is 0 Å². The molecule has 3 aromatic rings. The summed E-state index contributed by atoms with van der Waals surface area (Å²) in [5.41, 5.74) is 7.03. The minimum Gasteiger partial charge on any atom is -0.360 e. The first-order chi connectivity index (χ1) is 10.3. The molecular formula is C18H17N3. The van der Waals surface area contributed by atoms with Gasteiger partial charge in [-0.2, -0.15) is 0 Å². The van der Waals surface area contributed by atoms with Gasteiger partial charge in [-0.05, 0) is 41.8 Å². The quantitative estimate of drug-likeness (QED) is 0.763. The molecule has 1 aromatic carbocycles. The van der Waals surface area contributed by atoms with E-state index >= 15 is 0 Å². The zero-order valence-corrected chi connectivity index (χ0v) is 12.1. The fraction of sp³-hybridized carbons (Fsp3) is 0.167. The summed E-state index contributed by atoms with van der Waals surface area (Å²) in [7, 11) is 0. The van der Waals surface area contributed by atoms with Gasteiger partial charge >= 0.3 is 0 Å². The number of aromatic amines is 1. The van der Waals surface area contributed by atoms with E-state index < -0.39 is 0 Å². The third-order valence-electron chi connectivity index (χ3n) is 4.21. The highest BCUT2D eigenvalue weighted by Crippen LogP contribution is 2.35. The van der Waals surface area contributed by atoms with Crippen LogP contribution < -0.4 is 4.90 Å². The van der Waals surface area contributed by atoms with Crippen molar-refractivity contribution in [1.29, 1.82) is 0 Å². The van der Waals surface area contributed by atoms with Crippen molar-refractivity contribution in [2.24, 2.45) is 0 Å². The number of anilines is 1. The molecular weight excluding hydrogens is 258 g/mol. The summed E-state index contributed by atoms with van der Waals surface area (Å²) in [6.45, 7) is 7.30. The first kappa shape index (κ1) is 12.2. The molecule has 1 aliphatic rings. The molecule has 0 saturated carbocycles. The number of nitrogens with zero attached hydrogens (tertiary/aromatic N) is 2. The van der Waals surface area contributed by atoms with Gasteiger partial charge in [-0.3, -0.25) is 0 Å². The Bertz CT molecular complexity index is 845. The van der Waals surface area contributed by atoms with E-state index in [-0.39, 0.29) is 0 Å². The van der Waals surface area contributed by atoms with E-state index in [0.29, 0.717) is 0 Å². The molecule has 21 heavy (non-hydrogen) atoms. The maximum absolute atomic E-state index is 4.73. The Labute approximate surface area is 123 Å². The largest absolute Gasteiger partial charge is 0.360 e. The lowest BCUT2D eigenvalue weighted by atomic mass is 10.0. The second-order valence-electron chi connectivity index (χ2n) is 5.46. The van der Waals surface area contributed by atoms with Crippen molar-refractivity contribution in [3.8, 4) is 0 Å². The van der Waals surface area contributed by atoms with E-state index in [0.717, 1.165) is 35.5 Å². The van der Waals surface area contributed by atoms with E-state index in [4.69, 9.17) is 4.98 Å². The van der Waals surface area contributed by atoms with Crippen LogP contribution in [0.5, 0.6) is 0 Å². The zero-order chi connectivity index (χ0) is 14.4. The topological polar surface area (TPSA) is 31.9 Å². The Morgan fingerprint density at radius 2 is 2.14 bits per heavy atom. The van der Waals surface area contributed by atoms with Gasteiger partial charge in [-0.25, -0.2) is 4.98 Å². The number of aryl methyl sites for hydroxylation is 1. The van der Waals surface area contributed by atoms with Crippen molar-refractivity contribution in [2.45, 2.75) is 19.9 Å². The molecule has 0 saturated heterocycles. The van der Waals surface area contributed by atoms with E-state index in [1.807, 2.05) is 12.3 Å². The number of aromatic nitrogens is 2. The highest BCUT2D eigenvalue weighted by molar-refractivity contribution is 5.85. The van der Waals surface area contributed by atoms with Crippen molar-refractivity contribution >= 4 is 22.5 Å². The Morgan fingerprint density at radius 3 is 3.00 bits per heavy atom. The lowest BCUT2D eigenvalue weighted by molar-refractivity contribution is 1.01. The van der Waals surface area contributed by atoms with Crippen LogP contribution >= 0.6 is 0 Å². The van der Waals surface area contributed by atoms with Gasteiger partial charge in [0, 0.05) is 17.5 Å². The molecule has 0 aliphatic carbocycles. The Balaban J connectivity index is 1.75. The summed E-state index contributed by atoms with van der Waals surface area (Å²) in [6, 6.07) is 12.8. The molecule has 3 heterocycles. The summed E-state index contributed by atoms with van der Waals surface area (Å²) in [5, 5.41) is 0. The maximum Gasteiger partial charge on any atom is 0.134 e. The summed E-state index contributed by atoms with van der Waals surface area (Å²) >= 11 is 0. The third kappa shape index (κ3) is 1.85. The predicted molar refractivity (Wildman–Crippen MR) is 87.1 cm³/mol. The molecule has 3 heteroatoms. The SMILES string of the molecule is C=C1c2cc(CC)ccc2CN1c1ccc2[nH]ccc2n1. The number of H-pyrrole nitrogens is 1. The molecule has 0 atom stereocenters. The number of rotatable bonds is 2. The lowest BCUT2D eigenvalue weighted by Gasteiger charge is -2.18. The molecule has 0 unspecified atom stereocenters. The van der Waals surface area contributed by atoms with Crippen molar-refractivity contribution in [3.05, 3.63) is 65.9 Å². The van der Waals surface area contributed by atoms with Gasteiger partial charge in [-0.15, -0.1) is 0 Å². The van der Waals surface area contributed by atoms with Gasteiger partial charge in [0.25, 0.3) is 0 Å². The molecule has 3 nitrogen and oxygen atoms in total. The average Bonchev–Trinajstić information content (AvgIpc) is 3.11. The van der Waals surface area contributed by atoms with Crippen molar-refractivity contribution in [1.82, 2.24) is 9.97 Å². The van der Waals surface area contributed by atoms with E-state index in [9.17, 15) is 0 Å². The first-order valence-corrected chi connectivity index (χ1v) is 7.29. The normalized spacial score (nSPS) is 14.0. The Hall–Kier alpha value is -2.55. The fourth-order valence-electron chi connectivity index (χ4n) is 2.95. The van der Waals surface area contributed by atoms with Gasteiger partial charge in [-0.1, -0.05) is 25.6 Å². The molecule has 1 aliphatic heterocycles. The van der Waals surface area contributed by atoms with E-state index in [2.05, 4.69) is 53.7 Å². The van der Waals surface area contributed by atoms with Crippen LogP contribution in [0.3, 0.4) is 0 Å². The molecule has 0 amide bonds. The zero-order valence-electron chi connectivity index (χ0n) is 12.1. The van der Waals surface area contributed by atoms with Gasteiger partial charge < -0.3 is 9.88 Å². The minimum absolute atomic E-state index is 0.848. The smallest absolute Gasteiger partial charge is 0.134 e. The molecule has 1 N–H and O–H groups in total. The summed E-state index contributed by atoms with van der Waals surface area (Å²) in [6.07, 6.45) is 2.97. The monoisotopic (exact) mass is 275 g/mol. The molecule has 4 rings (SSSR count). The van der Waals surface area contributed by atoms with Crippen LogP contribution in [0.4, 0.5) is 5.82 Å². The van der Waals surface area contributed by atoms with Crippen molar-refractivity contribution in [2.75, 3.05) is 4.90 Å². The van der Waals surface area contributed by atoms with Crippen LogP contribution in [-0.2, 0) is 13.0 Å². The predicted octanol–water partition coefficient (Wildman–Crippen LogP) is 4.12. The van der Waals surface area contributed by atoms with E-state index in [1.165, 1.54) is 16.7 Å². The molecule has 0 fully saturated rings. The van der Waals surface area contributed by atoms with Crippen LogP contribution in [0, 0.1) is 0 Å². The summed E-state index contributed by atoms with van der Waals surface area (Å²) in [4.78, 5) is 10.1. The van der Waals surface area contributed by atoms with Gasteiger partial charge in [0.2, 0.25) is 0 Å². The molecule has 0 bridgehead atoms. The second kappa shape index (κ2) is 4.48. The second-order valence-corrected chi connectivity index (χ2v) is 5.46. The lowest BCUT2D eigenvalue weighted by Crippen LogP contribution is -2.14. The highest BCUT2D eigenvalue weighted by Gasteiger charge is 2.24. The number of benzene rings is 1. The maximum atomic E-state index is 4.73. The fourth-order valence-corrected chi connectivity index (χ4v) is 2.95. The van der Waals surface area contributed by atoms with Gasteiger partial charge in [0.15, 0.2) is 0 Å². The van der Waals surface area contributed by atoms with Crippen molar-refractivity contribution < 1.29 is 0 Å². The van der Waals surface area contributed by atoms with Crippen LogP contribution in [0.1, 0.15) is 23.6 Å². The van der Waals surface area contributed by atoms with Crippen LogP contribution in [0.25, 0.3) is 16.7 Å². The van der Waals surface area contributed by atoms with Crippen LogP contribution in [0.2, 0.25) is 0 Å². The number of pyridine rings is 1. The first-order valence-electron chi connectivity index (χ1n) is 7.29. The number of hydrogen-bond acceptors (Lipinski definition) is 2. The van der Waals surface area contributed by atoms with E-state index in [1.54, 1.807) is 0 Å².